The summed E-state index contributed by atoms with van der Waals surface area (Å²) in [6.45, 7) is 0.289. The summed E-state index contributed by atoms with van der Waals surface area (Å²) >= 11 is 0. The SMILES string of the molecule is COC(CN)CC(=O)NC(c1ccccc1F)C1CCCC1. The van der Waals surface area contributed by atoms with Crippen molar-refractivity contribution in [2.75, 3.05) is 13.7 Å². The van der Waals surface area contributed by atoms with Gasteiger partial charge >= 0.3 is 0 Å². The molecule has 2 rings (SSSR count). The van der Waals surface area contributed by atoms with E-state index in [9.17, 15) is 9.18 Å². The quantitative estimate of drug-likeness (QED) is 0.813. The molecule has 22 heavy (non-hydrogen) atoms. The Labute approximate surface area is 131 Å². The Morgan fingerprint density at radius 3 is 2.68 bits per heavy atom. The molecule has 1 fully saturated rings. The van der Waals surface area contributed by atoms with Gasteiger partial charge < -0.3 is 15.8 Å². The number of hydrogen-bond acceptors (Lipinski definition) is 3. The van der Waals surface area contributed by atoms with E-state index >= 15 is 0 Å². The van der Waals surface area contributed by atoms with Gasteiger partial charge in [-0.3, -0.25) is 4.79 Å². The molecule has 122 valence electrons. The molecule has 1 aliphatic carbocycles. The molecule has 1 saturated carbocycles. The van der Waals surface area contributed by atoms with Crippen LogP contribution in [0.15, 0.2) is 24.3 Å². The van der Waals surface area contributed by atoms with Crippen LogP contribution < -0.4 is 11.1 Å². The number of halogens is 1. The molecule has 1 aliphatic rings. The van der Waals surface area contributed by atoms with Crippen molar-refractivity contribution in [3.63, 3.8) is 0 Å². The molecular weight excluding hydrogens is 283 g/mol. The third-order valence-electron chi connectivity index (χ3n) is 4.44. The maximum absolute atomic E-state index is 14.1. The Balaban J connectivity index is 2.11. The van der Waals surface area contributed by atoms with Gasteiger partial charge in [0, 0.05) is 19.2 Å². The average Bonchev–Trinajstić information content (AvgIpc) is 3.05. The predicted molar refractivity (Wildman–Crippen MR) is 83.7 cm³/mol. The second-order valence-corrected chi connectivity index (χ2v) is 5.91. The van der Waals surface area contributed by atoms with E-state index in [2.05, 4.69) is 5.32 Å². The van der Waals surface area contributed by atoms with Crippen molar-refractivity contribution in [2.24, 2.45) is 11.7 Å². The van der Waals surface area contributed by atoms with Gasteiger partial charge in [-0.05, 0) is 24.8 Å². The van der Waals surface area contributed by atoms with Crippen molar-refractivity contribution in [3.05, 3.63) is 35.6 Å². The van der Waals surface area contributed by atoms with Gasteiger partial charge in [0.2, 0.25) is 5.91 Å². The summed E-state index contributed by atoms with van der Waals surface area (Å²) in [5, 5.41) is 3.00. The fourth-order valence-electron chi connectivity index (χ4n) is 3.17. The lowest BCUT2D eigenvalue weighted by molar-refractivity contribution is -0.124. The molecule has 5 heteroatoms. The summed E-state index contributed by atoms with van der Waals surface area (Å²) in [7, 11) is 1.54. The number of amides is 1. The zero-order valence-corrected chi connectivity index (χ0v) is 13.1. The molecule has 1 aromatic rings. The largest absolute Gasteiger partial charge is 0.380 e. The fraction of sp³-hybridized carbons (Fsp3) is 0.588. The highest BCUT2D eigenvalue weighted by molar-refractivity contribution is 5.77. The zero-order chi connectivity index (χ0) is 15.9. The number of nitrogens with two attached hydrogens (primary N) is 1. The summed E-state index contributed by atoms with van der Waals surface area (Å²) in [6.07, 6.45) is 4.20. The normalized spacial score (nSPS) is 18.1. The molecular formula is C17H25FN2O2. The van der Waals surface area contributed by atoms with Crippen LogP contribution in [-0.2, 0) is 9.53 Å². The van der Waals surface area contributed by atoms with E-state index in [4.69, 9.17) is 10.5 Å². The van der Waals surface area contributed by atoms with Gasteiger partial charge in [0.05, 0.1) is 18.6 Å². The summed E-state index contributed by atoms with van der Waals surface area (Å²) in [6, 6.07) is 6.41. The van der Waals surface area contributed by atoms with Gasteiger partial charge in [-0.15, -0.1) is 0 Å². The van der Waals surface area contributed by atoms with Crippen molar-refractivity contribution in [3.8, 4) is 0 Å². The van der Waals surface area contributed by atoms with Crippen molar-refractivity contribution >= 4 is 5.91 Å². The van der Waals surface area contributed by atoms with E-state index in [1.807, 2.05) is 6.07 Å². The minimum atomic E-state index is -0.301. The Kier molecular flexibility index (Phi) is 6.34. The molecule has 0 bridgehead atoms. The van der Waals surface area contributed by atoms with Gasteiger partial charge in [0.15, 0.2) is 0 Å². The zero-order valence-electron chi connectivity index (χ0n) is 13.1. The highest BCUT2D eigenvalue weighted by Crippen LogP contribution is 2.36. The molecule has 0 aromatic heterocycles. The van der Waals surface area contributed by atoms with E-state index in [1.54, 1.807) is 12.1 Å². The predicted octanol–water partition coefficient (Wildman–Crippen LogP) is 2.54. The lowest BCUT2D eigenvalue weighted by Gasteiger charge is -2.26. The van der Waals surface area contributed by atoms with Crippen molar-refractivity contribution < 1.29 is 13.9 Å². The molecule has 3 N–H and O–H groups in total. The maximum Gasteiger partial charge on any atom is 0.223 e. The average molecular weight is 308 g/mol. The van der Waals surface area contributed by atoms with Crippen LogP contribution in [0.25, 0.3) is 0 Å². The van der Waals surface area contributed by atoms with Crippen LogP contribution in [0.2, 0.25) is 0 Å². The van der Waals surface area contributed by atoms with Crippen LogP contribution >= 0.6 is 0 Å². The van der Waals surface area contributed by atoms with Gasteiger partial charge in [-0.2, -0.15) is 0 Å². The number of ether oxygens (including phenoxy) is 1. The van der Waals surface area contributed by atoms with Gasteiger partial charge in [0.25, 0.3) is 0 Å². The van der Waals surface area contributed by atoms with Crippen molar-refractivity contribution in [2.45, 2.75) is 44.2 Å². The standard InChI is InChI=1S/C17H25FN2O2/c1-22-13(11-19)10-16(21)20-17(12-6-2-3-7-12)14-8-4-5-9-15(14)18/h4-5,8-9,12-13,17H,2-3,6-7,10-11,19H2,1H3,(H,20,21). The molecule has 0 spiro atoms. The second-order valence-electron chi connectivity index (χ2n) is 5.91. The molecule has 0 radical (unpaired) electrons. The molecule has 2 atom stereocenters. The number of methoxy groups -OCH3 is 1. The number of carbonyl (C=O) groups is 1. The molecule has 1 aromatic carbocycles. The first-order valence-corrected chi connectivity index (χ1v) is 7.92. The number of hydrogen-bond donors (Lipinski definition) is 2. The van der Waals surface area contributed by atoms with Crippen LogP contribution in [0.1, 0.15) is 43.7 Å². The van der Waals surface area contributed by atoms with E-state index in [-0.39, 0.29) is 36.8 Å². The number of benzene rings is 1. The van der Waals surface area contributed by atoms with Crippen LogP contribution in [-0.4, -0.2) is 25.7 Å². The summed E-state index contributed by atoms with van der Waals surface area (Å²) in [5.74, 6) is -0.112. The molecule has 1 amide bonds. The smallest absolute Gasteiger partial charge is 0.223 e. The first-order valence-electron chi connectivity index (χ1n) is 7.92. The highest BCUT2D eigenvalue weighted by atomic mass is 19.1. The van der Waals surface area contributed by atoms with Crippen LogP contribution in [0, 0.1) is 11.7 Å². The van der Waals surface area contributed by atoms with E-state index in [0.717, 1.165) is 25.7 Å². The Bertz CT molecular complexity index is 485. The molecule has 0 saturated heterocycles. The first kappa shape index (κ1) is 16.9. The third-order valence-corrected chi connectivity index (χ3v) is 4.44. The van der Waals surface area contributed by atoms with Crippen molar-refractivity contribution in [1.82, 2.24) is 5.32 Å². The Morgan fingerprint density at radius 1 is 1.41 bits per heavy atom. The lowest BCUT2D eigenvalue weighted by atomic mass is 9.91. The van der Waals surface area contributed by atoms with Gasteiger partial charge in [-0.25, -0.2) is 4.39 Å². The molecule has 0 aliphatic heterocycles. The minimum absolute atomic E-state index is 0.141. The molecule has 0 heterocycles. The summed E-state index contributed by atoms with van der Waals surface area (Å²) in [4.78, 5) is 12.3. The number of nitrogens with one attached hydrogen (secondary N) is 1. The third kappa shape index (κ3) is 4.27. The van der Waals surface area contributed by atoms with E-state index in [0.29, 0.717) is 11.5 Å². The first-order chi connectivity index (χ1) is 10.7. The minimum Gasteiger partial charge on any atom is -0.380 e. The number of rotatable bonds is 7. The Morgan fingerprint density at radius 2 is 2.09 bits per heavy atom. The van der Waals surface area contributed by atoms with Gasteiger partial charge in [0.1, 0.15) is 5.82 Å². The maximum atomic E-state index is 14.1. The van der Waals surface area contributed by atoms with Crippen LogP contribution in [0.3, 0.4) is 0 Å². The van der Waals surface area contributed by atoms with Crippen molar-refractivity contribution in [1.29, 1.82) is 0 Å². The summed E-state index contributed by atoms with van der Waals surface area (Å²) < 4.78 is 19.3. The number of carbonyl (C=O) groups excluding carboxylic acids is 1. The highest BCUT2D eigenvalue weighted by Gasteiger charge is 2.29. The molecule has 4 nitrogen and oxygen atoms in total. The second kappa shape index (κ2) is 8.25. The lowest BCUT2D eigenvalue weighted by Crippen LogP contribution is -2.37. The van der Waals surface area contributed by atoms with E-state index in [1.165, 1.54) is 13.2 Å². The fourth-order valence-corrected chi connectivity index (χ4v) is 3.17. The van der Waals surface area contributed by atoms with Crippen LogP contribution in [0.5, 0.6) is 0 Å². The Hall–Kier alpha value is -1.46. The van der Waals surface area contributed by atoms with Gasteiger partial charge in [-0.1, -0.05) is 31.0 Å². The van der Waals surface area contributed by atoms with E-state index < -0.39 is 0 Å². The topological polar surface area (TPSA) is 64.3 Å². The summed E-state index contributed by atoms with van der Waals surface area (Å²) in [5.41, 5.74) is 6.13. The molecule has 2 unspecified atom stereocenters. The van der Waals surface area contributed by atoms with Crippen LogP contribution in [0.4, 0.5) is 4.39 Å². The monoisotopic (exact) mass is 308 g/mol.